The maximum absolute atomic E-state index is 10.9. The number of nitrogens with one attached hydrogen (secondary N) is 1. The number of rotatable bonds is 5. The molecule has 0 aliphatic heterocycles. The molecule has 0 heterocycles. The summed E-state index contributed by atoms with van der Waals surface area (Å²) in [4.78, 5) is 10.9. The van der Waals surface area contributed by atoms with E-state index in [1.807, 2.05) is 13.8 Å². The molecule has 0 aliphatic carbocycles. The predicted octanol–water partition coefficient (Wildman–Crippen LogP) is 1.73. The Morgan fingerprint density at radius 1 is 1.46 bits per heavy atom. The average molecular weight is 187 g/mol. The van der Waals surface area contributed by atoms with Gasteiger partial charge in [0.15, 0.2) is 0 Å². The Labute approximate surface area is 80.5 Å². The lowest BCUT2D eigenvalue weighted by Gasteiger charge is -2.32. The molecule has 2 N–H and O–H groups in total. The van der Waals surface area contributed by atoms with Gasteiger partial charge in [-0.05, 0) is 24.8 Å². The van der Waals surface area contributed by atoms with Gasteiger partial charge in [-0.1, -0.05) is 27.7 Å². The summed E-state index contributed by atoms with van der Waals surface area (Å²) in [5, 5.41) is 11.8. The van der Waals surface area contributed by atoms with E-state index in [0.717, 1.165) is 6.42 Å². The van der Waals surface area contributed by atoms with Gasteiger partial charge < -0.3 is 10.4 Å². The van der Waals surface area contributed by atoms with Crippen LogP contribution in [-0.4, -0.2) is 24.2 Å². The highest BCUT2D eigenvalue weighted by molar-refractivity contribution is 5.74. The lowest BCUT2D eigenvalue weighted by atomic mass is 9.77. The van der Waals surface area contributed by atoms with E-state index < -0.39 is 12.0 Å². The molecule has 0 unspecified atom stereocenters. The van der Waals surface area contributed by atoms with Gasteiger partial charge in [-0.25, -0.2) is 0 Å². The van der Waals surface area contributed by atoms with Crippen LogP contribution in [0.5, 0.6) is 0 Å². The highest BCUT2D eigenvalue weighted by Crippen LogP contribution is 2.29. The first-order valence-electron chi connectivity index (χ1n) is 4.71. The number of carboxylic acid groups (broad SMARTS) is 1. The fourth-order valence-corrected chi connectivity index (χ4v) is 2.02. The standard InChI is InChI=1S/C10H21NO2/c1-7(2)6-10(3,4)8(11-5)9(12)13/h7-8,11H,6H2,1-5H3,(H,12,13)/t8-/m0/s1. The summed E-state index contributed by atoms with van der Waals surface area (Å²) >= 11 is 0. The van der Waals surface area contributed by atoms with Crippen LogP contribution in [0.3, 0.4) is 0 Å². The normalized spacial score (nSPS) is 14.6. The number of likely N-dealkylation sites (N-methyl/N-ethyl adjacent to an activating group) is 1. The van der Waals surface area contributed by atoms with E-state index in [1.165, 1.54) is 0 Å². The first kappa shape index (κ1) is 12.4. The summed E-state index contributed by atoms with van der Waals surface area (Å²) in [7, 11) is 1.70. The molecule has 78 valence electrons. The van der Waals surface area contributed by atoms with Crippen LogP contribution in [0.4, 0.5) is 0 Å². The molecule has 0 saturated heterocycles. The van der Waals surface area contributed by atoms with Gasteiger partial charge in [0.25, 0.3) is 0 Å². The van der Waals surface area contributed by atoms with Gasteiger partial charge >= 0.3 is 5.97 Å². The molecule has 0 aromatic heterocycles. The zero-order valence-electron chi connectivity index (χ0n) is 9.22. The maximum Gasteiger partial charge on any atom is 0.321 e. The largest absolute Gasteiger partial charge is 0.480 e. The number of aliphatic carboxylic acids is 1. The van der Waals surface area contributed by atoms with E-state index in [1.54, 1.807) is 7.05 Å². The Kier molecular flexibility index (Phi) is 4.40. The Balaban J connectivity index is 4.47. The van der Waals surface area contributed by atoms with E-state index in [2.05, 4.69) is 19.2 Å². The monoisotopic (exact) mass is 187 g/mol. The fraction of sp³-hybridized carbons (Fsp3) is 0.900. The van der Waals surface area contributed by atoms with E-state index in [-0.39, 0.29) is 5.41 Å². The van der Waals surface area contributed by atoms with Crippen LogP contribution in [0, 0.1) is 11.3 Å². The van der Waals surface area contributed by atoms with Gasteiger partial charge in [0.05, 0.1) is 0 Å². The zero-order chi connectivity index (χ0) is 10.6. The molecule has 13 heavy (non-hydrogen) atoms. The number of hydrogen-bond acceptors (Lipinski definition) is 2. The zero-order valence-corrected chi connectivity index (χ0v) is 9.22. The van der Waals surface area contributed by atoms with Crippen LogP contribution in [-0.2, 0) is 4.79 Å². The minimum absolute atomic E-state index is 0.200. The fourth-order valence-electron chi connectivity index (χ4n) is 2.02. The smallest absolute Gasteiger partial charge is 0.321 e. The molecule has 3 nitrogen and oxygen atoms in total. The van der Waals surface area contributed by atoms with Gasteiger partial charge in [-0.15, -0.1) is 0 Å². The molecule has 1 atom stereocenters. The Morgan fingerprint density at radius 3 is 2.15 bits per heavy atom. The minimum Gasteiger partial charge on any atom is -0.480 e. The molecule has 0 bridgehead atoms. The molecule has 0 amide bonds. The molecule has 0 aliphatic rings. The first-order chi connectivity index (χ1) is 5.81. The summed E-state index contributed by atoms with van der Waals surface area (Å²) in [5.74, 6) is -0.252. The van der Waals surface area contributed by atoms with Crippen LogP contribution in [0.1, 0.15) is 34.1 Å². The molecule has 0 radical (unpaired) electrons. The topological polar surface area (TPSA) is 49.3 Å². The quantitative estimate of drug-likeness (QED) is 0.689. The summed E-state index contributed by atoms with van der Waals surface area (Å²) in [6.45, 7) is 8.19. The Hall–Kier alpha value is -0.570. The molecule has 0 spiro atoms. The van der Waals surface area contributed by atoms with E-state index in [4.69, 9.17) is 5.11 Å². The van der Waals surface area contributed by atoms with Gasteiger partial charge in [0.1, 0.15) is 6.04 Å². The number of carboxylic acids is 1. The summed E-state index contributed by atoms with van der Waals surface area (Å²) in [6, 6.07) is -0.463. The van der Waals surface area contributed by atoms with Crippen LogP contribution < -0.4 is 5.32 Å². The molecular formula is C10H21NO2. The van der Waals surface area contributed by atoms with Gasteiger partial charge in [0.2, 0.25) is 0 Å². The highest BCUT2D eigenvalue weighted by atomic mass is 16.4. The predicted molar refractivity (Wildman–Crippen MR) is 53.7 cm³/mol. The second-order valence-electron chi connectivity index (χ2n) is 4.65. The van der Waals surface area contributed by atoms with Crippen molar-refractivity contribution in [3.05, 3.63) is 0 Å². The van der Waals surface area contributed by atoms with Crippen LogP contribution in [0.15, 0.2) is 0 Å². The van der Waals surface area contributed by atoms with E-state index in [0.29, 0.717) is 5.92 Å². The molecule has 0 saturated carbocycles. The minimum atomic E-state index is -0.770. The van der Waals surface area contributed by atoms with Crippen molar-refractivity contribution in [2.24, 2.45) is 11.3 Å². The summed E-state index contributed by atoms with van der Waals surface area (Å²) < 4.78 is 0. The number of carbonyl (C=O) groups is 1. The van der Waals surface area contributed by atoms with Crippen LogP contribution in [0.2, 0.25) is 0 Å². The molecule has 0 fully saturated rings. The van der Waals surface area contributed by atoms with E-state index >= 15 is 0 Å². The van der Waals surface area contributed by atoms with Crippen molar-refractivity contribution < 1.29 is 9.90 Å². The second kappa shape index (κ2) is 4.61. The van der Waals surface area contributed by atoms with E-state index in [9.17, 15) is 4.79 Å². The Bertz CT molecular complexity index is 176. The molecular weight excluding hydrogens is 166 g/mol. The Morgan fingerprint density at radius 2 is 1.92 bits per heavy atom. The van der Waals surface area contributed by atoms with Gasteiger partial charge in [-0.2, -0.15) is 0 Å². The van der Waals surface area contributed by atoms with Gasteiger partial charge in [-0.3, -0.25) is 4.79 Å². The molecule has 0 aromatic carbocycles. The van der Waals surface area contributed by atoms with Crippen molar-refractivity contribution in [2.45, 2.75) is 40.2 Å². The third-order valence-electron chi connectivity index (χ3n) is 2.25. The second-order valence-corrected chi connectivity index (χ2v) is 4.65. The van der Waals surface area contributed by atoms with Crippen molar-refractivity contribution in [3.63, 3.8) is 0 Å². The maximum atomic E-state index is 10.9. The SMILES string of the molecule is CN[C@@H](C(=O)O)C(C)(C)CC(C)C. The van der Waals surface area contributed by atoms with Crippen LogP contribution in [0.25, 0.3) is 0 Å². The van der Waals surface area contributed by atoms with Crippen LogP contribution >= 0.6 is 0 Å². The summed E-state index contributed by atoms with van der Waals surface area (Å²) in [6.07, 6.45) is 0.908. The first-order valence-corrected chi connectivity index (χ1v) is 4.71. The van der Waals surface area contributed by atoms with Crippen molar-refractivity contribution in [2.75, 3.05) is 7.05 Å². The van der Waals surface area contributed by atoms with Crippen molar-refractivity contribution in [1.29, 1.82) is 0 Å². The van der Waals surface area contributed by atoms with Crippen molar-refractivity contribution in [3.8, 4) is 0 Å². The lowest BCUT2D eigenvalue weighted by molar-refractivity contribution is -0.142. The summed E-state index contributed by atoms with van der Waals surface area (Å²) in [5.41, 5.74) is -0.200. The number of hydrogen-bond donors (Lipinski definition) is 2. The lowest BCUT2D eigenvalue weighted by Crippen LogP contribution is -2.46. The molecule has 0 rings (SSSR count). The van der Waals surface area contributed by atoms with Crippen molar-refractivity contribution >= 4 is 5.97 Å². The average Bonchev–Trinajstić information content (AvgIpc) is 1.82. The van der Waals surface area contributed by atoms with Gasteiger partial charge in [0, 0.05) is 0 Å². The third-order valence-corrected chi connectivity index (χ3v) is 2.25. The molecule has 0 aromatic rings. The highest BCUT2D eigenvalue weighted by Gasteiger charge is 2.34. The third kappa shape index (κ3) is 3.77. The van der Waals surface area contributed by atoms with Crippen molar-refractivity contribution in [1.82, 2.24) is 5.32 Å². The molecule has 3 heteroatoms.